The summed E-state index contributed by atoms with van der Waals surface area (Å²) in [6, 6.07) is 5.91. The molecule has 5 nitrogen and oxygen atoms in total. The minimum absolute atomic E-state index is 0.137. The maximum atomic E-state index is 9.67. The lowest BCUT2D eigenvalue weighted by Crippen LogP contribution is -2.38. The van der Waals surface area contributed by atoms with Crippen molar-refractivity contribution >= 4 is 11.5 Å². The molecule has 1 atom stereocenters. The summed E-state index contributed by atoms with van der Waals surface area (Å²) < 4.78 is 0. The zero-order valence-electron chi connectivity index (χ0n) is 12.1. The lowest BCUT2D eigenvalue weighted by molar-refractivity contribution is 0.110. The van der Waals surface area contributed by atoms with E-state index in [-0.39, 0.29) is 11.9 Å². The minimum Gasteiger partial charge on any atom is -0.409 e. The normalized spacial score (nSPS) is 19.1. The molecule has 110 valence electrons. The number of aliphatic hydroxyl groups excluding tert-OH is 1. The fourth-order valence-electron chi connectivity index (χ4n) is 2.80. The quantitative estimate of drug-likeness (QED) is 0.340. The van der Waals surface area contributed by atoms with Crippen molar-refractivity contribution in [2.24, 2.45) is 16.8 Å². The second-order valence-electron chi connectivity index (χ2n) is 5.57. The van der Waals surface area contributed by atoms with Crippen molar-refractivity contribution in [1.82, 2.24) is 0 Å². The third kappa shape index (κ3) is 3.04. The molecule has 1 aromatic rings. The van der Waals surface area contributed by atoms with E-state index in [2.05, 4.69) is 16.1 Å². The van der Waals surface area contributed by atoms with Gasteiger partial charge in [0.2, 0.25) is 0 Å². The number of aryl methyl sites for hydroxylation is 1. The zero-order chi connectivity index (χ0) is 14.7. The van der Waals surface area contributed by atoms with Gasteiger partial charge in [0.05, 0.1) is 6.10 Å². The number of amidine groups is 1. The van der Waals surface area contributed by atoms with Crippen molar-refractivity contribution < 1.29 is 10.3 Å². The molecule has 0 amide bonds. The Labute approximate surface area is 119 Å². The molecule has 0 saturated carbocycles. The highest BCUT2D eigenvalue weighted by Crippen LogP contribution is 2.28. The van der Waals surface area contributed by atoms with Crippen LogP contribution in [-0.2, 0) is 0 Å². The number of rotatable bonds is 3. The Morgan fingerprint density at radius 1 is 1.40 bits per heavy atom. The molecule has 1 unspecified atom stereocenters. The highest BCUT2D eigenvalue weighted by Gasteiger charge is 2.24. The van der Waals surface area contributed by atoms with Crippen molar-refractivity contribution in [3.8, 4) is 0 Å². The first-order valence-electron chi connectivity index (χ1n) is 7.04. The first-order valence-corrected chi connectivity index (χ1v) is 7.04. The highest BCUT2D eigenvalue weighted by atomic mass is 16.4. The van der Waals surface area contributed by atoms with Crippen LogP contribution < -0.4 is 10.6 Å². The van der Waals surface area contributed by atoms with Gasteiger partial charge in [-0.25, -0.2) is 0 Å². The lowest BCUT2D eigenvalue weighted by atomic mass is 9.91. The van der Waals surface area contributed by atoms with E-state index in [0.29, 0.717) is 5.92 Å². The number of aliphatic hydroxyl groups is 1. The van der Waals surface area contributed by atoms with E-state index in [1.165, 1.54) is 0 Å². The predicted octanol–water partition coefficient (Wildman–Crippen LogP) is 1.69. The molecule has 1 aliphatic rings. The van der Waals surface area contributed by atoms with Gasteiger partial charge in [-0.3, -0.25) is 0 Å². The summed E-state index contributed by atoms with van der Waals surface area (Å²) in [6.07, 6.45) is 1.67. The molecule has 0 aromatic heterocycles. The van der Waals surface area contributed by atoms with E-state index < -0.39 is 0 Å². The van der Waals surface area contributed by atoms with Crippen molar-refractivity contribution in [1.29, 1.82) is 0 Å². The molecule has 2 rings (SSSR count). The molecule has 0 spiro atoms. The van der Waals surface area contributed by atoms with E-state index in [1.54, 1.807) is 0 Å². The predicted molar refractivity (Wildman–Crippen MR) is 80.3 cm³/mol. The van der Waals surface area contributed by atoms with Gasteiger partial charge in [-0.1, -0.05) is 11.2 Å². The van der Waals surface area contributed by atoms with Gasteiger partial charge >= 0.3 is 0 Å². The van der Waals surface area contributed by atoms with Crippen molar-refractivity contribution in [3.05, 3.63) is 29.3 Å². The Morgan fingerprint density at radius 3 is 2.60 bits per heavy atom. The SMILES string of the molecule is Cc1ccc(/C(N)=N/O)c(N2CCC(C(C)O)CC2)c1. The van der Waals surface area contributed by atoms with Gasteiger partial charge < -0.3 is 20.9 Å². The van der Waals surface area contributed by atoms with Crippen molar-refractivity contribution in [3.63, 3.8) is 0 Å². The maximum absolute atomic E-state index is 9.67. The van der Waals surface area contributed by atoms with Crippen LogP contribution in [0.4, 0.5) is 5.69 Å². The Bertz CT molecular complexity index is 492. The van der Waals surface area contributed by atoms with Crippen molar-refractivity contribution in [2.75, 3.05) is 18.0 Å². The highest BCUT2D eigenvalue weighted by molar-refractivity contribution is 6.02. The third-order valence-electron chi connectivity index (χ3n) is 4.10. The van der Waals surface area contributed by atoms with E-state index >= 15 is 0 Å². The number of oxime groups is 1. The smallest absolute Gasteiger partial charge is 0.172 e. The van der Waals surface area contributed by atoms with Crippen LogP contribution in [-0.4, -0.2) is 35.3 Å². The number of piperidine rings is 1. The second-order valence-corrected chi connectivity index (χ2v) is 5.57. The number of hydrogen-bond donors (Lipinski definition) is 3. The van der Waals surface area contributed by atoms with Crippen LogP contribution >= 0.6 is 0 Å². The van der Waals surface area contributed by atoms with Gasteiger partial charge in [-0.05, 0) is 50.3 Å². The first kappa shape index (κ1) is 14.7. The van der Waals surface area contributed by atoms with Crippen LogP contribution in [0.15, 0.2) is 23.4 Å². The number of nitrogens with two attached hydrogens (primary N) is 1. The van der Waals surface area contributed by atoms with E-state index in [1.807, 2.05) is 26.0 Å². The summed E-state index contributed by atoms with van der Waals surface area (Å²) >= 11 is 0. The van der Waals surface area contributed by atoms with E-state index in [9.17, 15) is 5.11 Å². The standard InChI is InChI=1S/C15H23N3O2/c1-10-3-4-13(15(16)17-20)14(9-10)18-7-5-12(6-8-18)11(2)19/h3-4,9,11-12,19-20H,5-8H2,1-2H3,(H2,16,17). The van der Waals surface area contributed by atoms with E-state index in [4.69, 9.17) is 10.9 Å². The molecule has 1 fully saturated rings. The summed E-state index contributed by atoms with van der Waals surface area (Å²) in [5.41, 5.74) is 8.67. The van der Waals surface area contributed by atoms with Crippen LogP contribution in [0.1, 0.15) is 30.9 Å². The number of hydrogen-bond acceptors (Lipinski definition) is 4. The Kier molecular flexibility index (Phi) is 4.49. The van der Waals surface area contributed by atoms with Crippen LogP contribution in [0.3, 0.4) is 0 Å². The minimum atomic E-state index is -0.252. The molecule has 0 aliphatic carbocycles. The van der Waals surface area contributed by atoms with Crippen LogP contribution in [0.2, 0.25) is 0 Å². The van der Waals surface area contributed by atoms with Gasteiger partial charge in [0, 0.05) is 24.3 Å². The molecule has 0 radical (unpaired) electrons. The molecule has 0 bridgehead atoms. The Hall–Kier alpha value is -1.75. The fourth-order valence-corrected chi connectivity index (χ4v) is 2.80. The Balaban J connectivity index is 2.23. The van der Waals surface area contributed by atoms with Crippen LogP contribution in [0.25, 0.3) is 0 Å². The molecule has 4 N–H and O–H groups in total. The number of benzene rings is 1. The van der Waals surface area contributed by atoms with Crippen molar-refractivity contribution in [2.45, 2.75) is 32.8 Å². The average molecular weight is 277 g/mol. The fraction of sp³-hybridized carbons (Fsp3) is 0.533. The maximum Gasteiger partial charge on any atom is 0.172 e. The largest absolute Gasteiger partial charge is 0.409 e. The summed E-state index contributed by atoms with van der Waals surface area (Å²) in [7, 11) is 0. The third-order valence-corrected chi connectivity index (χ3v) is 4.10. The number of anilines is 1. The molecule has 1 saturated heterocycles. The summed E-state index contributed by atoms with van der Waals surface area (Å²) in [5, 5.41) is 21.7. The molecular weight excluding hydrogens is 254 g/mol. The Morgan fingerprint density at radius 2 is 2.05 bits per heavy atom. The molecule has 1 aliphatic heterocycles. The first-order chi connectivity index (χ1) is 9.52. The van der Waals surface area contributed by atoms with E-state index in [0.717, 1.165) is 42.7 Å². The zero-order valence-corrected chi connectivity index (χ0v) is 12.1. The summed E-state index contributed by atoms with van der Waals surface area (Å²) in [5.74, 6) is 0.501. The van der Waals surface area contributed by atoms with Gasteiger partial charge in [-0.2, -0.15) is 0 Å². The van der Waals surface area contributed by atoms with Gasteiger partial charge in [0.25, 0.3) is 0 Å². The molecule has 1 heterocycles. The lowest BCUT2D eigenvalue weighted by Gasteiger charge is -2.35. The summed E-state index contributed by atoms with van der Waals surface area (Å²) in [6.45, 7) is 5.65. The summed E-state index contributed by atoms with van der Waals surface area (Å²) in [4.78, 5) is 2.25. The molecular formula is C15H23N3O2. The van der Waals surface area contributed by atoms with Crippen LogP contribution in [0, 0.1) is 12.8 Å². The van der Waals surface area contributed by atoms with Gasteiger partial charge in [0.15, 0.2) is 5.84 Å². The molecule has 1 aromatic carbocycles. The molecule has 20 heavy (non-hydrogen) atoms. The topological polar surface area (TPSA) is 82.1 Å². The van der Waals surface area contributed by atoms with Gasteiger partial charge in [-0.15, -0.1) is 0 Å². The van der Waals surface area contributed by atoms with Gasteiger partial charge in [0.1, 0.15) is 0 Å². The monoisotopic (exact) mass is 277 g/mol. The molecule has 5 heteroatoms. The second kappa shape index (κ2) is 6.13. The van der Waals surface area contributed by atoms with Crippen LogP contribution in [0.5, 0.6) is 0 Å². The average Bonchev–Trinajstić information content (AvgIpc) is 2.46. The number of nitrogens with zero attached hydrogens (tertiary/aromatic N) is 2.